The summed E-state index contributed by atoms with van der Waals surface area (Å²) in [5.41, 5.74) is 2.07. The number of ether oxygens (including phenoxy) is 1. The molecule has 0 atom stereocenters. The van der Waals surface area contributed by atoms with Crippen LogP contribution in [0.4, 0.5) is 5.69 Å². The summed E-state index contributed by atoms with van der Waals surface area (Å²) >= 11 is 1.20. The molecule has 0 saturated heterocycles. The smallest absolute Gasteiger partial charge is 0.337 e. The van der Waals surface area contributed by atoms with Gasteiger partial charge in [0.1, 0.15) is 0 Å². The van der Waals surface area contributed by atoms with Crippen LogP contribution in [0.3, 0.4) is 0 Å². The Morgan fingerprint density at radius 2 is 1.82 bits per heavy atom. The van der Waals surface area contributed by atoms with Gasteiger partial charge in [-0.15, -0.1) is 10.2 Å². The first-order valence-electron chi connectivity index (χ1n) is 8.41. The predicted molar refractivity (Wildman–Crippen MR) is 107 cm³/mol. The van der Waals surface area contributed by atoms with Gasteiger partial charge in [0.05, 0.1) is 18.4 Å². The summed E-state index contributed by atoms with van der Waals surface area (Å²) in [5, 5.41) is 11.4. The number of anilines is 1. The van der Waals surface area contributed by atoms with Crippen LogP contribution in [0.15, 0.2) is 59.8 Å². The minimum Gasteiger partial charge on any atom is -0.465 e. The normalized spacial score (nSPS) is 10.5. The van der Waals surface area contributed by atoms with Gasteiger partial charge in [-0.1, -0.05) is 42.1 Å². The summed E-state index contributed by atoms with van der Waals surface area (Å²) in [6.45, 7) is 0. The van der Waals surface area contributed by atoms with Gasteiger partial charge in [-0.2, -0.15) is 0 Å². The molecule has 144 valence electrons. The SMILES string of the molecule is COC(=O)c1ccc(NC(=O)CSc2nnc(Cc3ccccc3)n2N)cc1. The highest BCUT2D eigenvalue weighted by Gasteiger charge is 2.13. The predicted octanol–water partition coefficient (Wildman–Crippen LogP) is 2.10. The van der Waals surface area contributed by atoms with Gasteiger partial charge < -0.3 is 15.9 Å². The summed E-state index contributed by atoms with van der Waals surface area (Å²) < 4.78 is 6.04. The summed E-state index contributed by atoms with van der Waals surface area (Å²) in [6.07, 6.45) is 0.559. The van der Waals surface area contributed by atoms with Crippen molar-refractivity contribution in [1.82, 2.24) is 14.9 Å². The number of amides is 1. The van der Waals surface area contributed by atoms with E-state index in [0.29, 0.717) is 28.7 Å². The summed E-state index contributed by atoms with van der Waals surface area (Å²) in [6, 6.07) is 16.3. The highest BCUT2D eigenvalue weighted by Crippen LogP contribution is 2.17. The lowest BCUT2D eigenvalue weighted by Gasteiger charge is -2.06. The van der Waals surface area contributed by atoms with Crippen molar-refractivity contribution in [3.63, 3.8) is 0 Å². The van der Waals surface area contributed by atoms with Crippen LogP contribution in [-0.2, 0) is 16.0 Å². The Kier molecular flexibility index (Phi) is 6.28. The Bertz CT molecular complexity index is 957. The van der Waals surface area contributed by atoms with Gasteiger partial charge in [0, 0.05) is 12.1 Å². The number of carbonyl (C=O) groups excluding carboxylic acids is 2. The van der Waals surface area contributed by atoms with Crippen molar-refractivity contribution in [2.75, 3.05) is 24.0 Å². The van der Waals surface area contributed by atoms with Crippen LogP contribution in [0, 0.1) is 0 Å². The van der Waals surface area contributed by atoms with E-state index in [2.05, 4.69) is 20.3 Å². The van der Waals surface area contributed by atoms with E-state index in [1.54, 1.807) is 24.3 Å². The maximum atomic E-state index is 12.1. The number of hydrogen-bond acceptors (Lipinski definition) is 7. The number of benzene rings is 2. The van der Waals surface area contributed by atoms with Gasteiger partial charge in [0.25, 0.3) is 0 Å². The fraction of sp³-hybridized carbons (Fsp3) is 0.158. The Hall–Kier alpha value is -3.33. The fourth-order valence-corrected chi connectivity index (χ4v) is 3.11. The molecule has 1 aromatic heterocycles. The molecule has 1 amide bonds. The van der Waals surface area contributed by atoms with Gasteiger partial charge in [-0.25, -0.2) is 9.47 Å². The minimum absolute atomic E-state index is 0.124. The molecule has 0 unspecified atom stereocenters. The molecule has 28 heavy (non-hydrogen) atoms. The Labute approximate surface area is 166 Å². The molecule has 0 fully saturated rings. The van der Waals surface area contributed by atoms with Crippen molar-refractivity contribution in [1.29, 1.82) is 0 Å². The topological polar surface area (TPSA) is 112 Å². The second kappa shape index (κ2) is 9.05. The zero-order valence-corrected chi connectivity index (χ0v) is 16.0. The summed E-state index contributed by atoms with van der Waals surface area (Å²) in [7, 11) is 1.32. The second-order valence-corrected chi connectivity index (χ2v) is 6.78. The lowest BCUT2D eigenvalue weighted by Crippen LogP contribution is -2.17. The van der Waals surface area contributed by atoms with Crippen LogP contribution in [0.2, 0.25) is 0 Å². The number of carbonyl (C=O) groups is 2. The van der Waals surface area contributed by atoms with Gasteiger partial charge in [0.2, 0.25) is 11.1 Å². The van der Waals surface area contributed by atoms with Crippen molar-refractivity contribution >= 4 is 29.3 Å². The third kappa shape index (κ3) is 4.89. The van der Waals surface area contributed by atoms with Crippen LogP contribution in [0.25, 0.3) is 0 Å². The largest absolute Gasteiger partial charge is 0.465 e. The number of nitrogens with one attached hydrogen (secondary N) is 1. The number of nitrogens with zero attached hydrogens (tertiary/aromatic N) is 3. The minimum atomic E-state index is -0.429. The molecule has 0 bridgehead atoms. The molecule has 0 saturated carbocycles. The van der Waals surface area contributed by atoms with Crippen LogP contribution < -0.4 is 11.2 Å². The van der Waals surface area contributed by atoms with Gasteiger partial charge >= 0.3 is 5.97 Å². The van der Waals surface area contributed by atoms with E-state index in [0.717, 1.165) is 5.56 Å². The molecule has 3 rings (SSSR count). The lowest BCUT2D eigenvalue weighted by atomic mass is 10.1. The molecule has 3 N–H and O–H groups in total. The number of thioether (sulfide) groups is 1. The third-order valence-corrected chi connectivity index (χ3v) is 4.81. The van der Waals surface area contributed by atoms with Crippen molar-refractivity contribution in [3.05, 3.63) is 71.5 Å². The van der Waals surface area contributed by atoms with Crippen molar-refractivity contribution in [2.45, 2.75) is 11.6 Å². The number of nitrogens with two attached hydrogens (primary N) is 1. The molecule has 0 spiro atoms. The highest BCUT2D eigenvalue weighted by atomic mass is 32.2. The molecule has 1 heterocycles. The number of aromatic nitrogens is 3. The molecule has 3 aromatic rings. The Morgan fingerprint density at radius 3 is 2.50 bits per heavy atom. The molecule has 0 aliphatic carbocycles. The first-order valence-corrected chi connectivity index (χ1v) is 9.39. The van der Waals surface area contributed by atoms with E-state index >= 15 is 0 Å². The van der Waals surface area contributed by atoms with Crippen LogP contribution in [-0.4, -0.2) is 39.6 Å². The number of methoxy groups -OCH3 is 1. The zero-order chi connectivity index (χ0) is 19.9. The third-order valence-electron chi connectivity index (χ3n) is 3.86. The van der Waals surface area contributed by atoms with E-state index in [4.69, 9.17) is 5.84 Å². The molecular weight excluding hydrogens is 378 g/mol. The number of rotatable bonds is 7. The van der Waals surface area contributed by atoms with Crippen LogP contribution >= 0.6 is 11.8 Å². The van der Waals surface area contributed by atoms with Crippen LogP contribution in [0.1, 0.15) is 21.7 Å². The monoisotopic (exact) mass is 397 g/mol. The van der Waals surface area contributed by atoms with Gasteiger partial charge in [0.15, 0.2) is 5.82 Å². The van der Waals surface area contributed by atoms with E-state index in [9.17, 15) is 9.59 Å². The fourth-order valence-electron chi connectivity index (χ4n) is 2.44. The number of hydrogen-bond donors (Lipinski definition) is 2. The van der Waals surface area contributed by atoms with E-state index in [-0.39, 0.29) is 11.7 Å². The molecule has 0 aliphatic rings. The Balaban J connectivity index is 1.54. The average Bonchev–Trinajstić information content (AvgIpc) is 3.06. The standard InChI is InChI=1S/C19H19N5O3S/c1-27-18(26)14-7-9-15(10-8-14)21-17(25)12-28-19-23-22-16(24(19)20)11-13-5-3-2-4-6-13/h2-10H,11-12,20H2,1H3,(H,21,25). The lowest BCUT2D eigenvalue weighted by molar-refractivity contribution is -0.113. The first-order chi connectivity index (χ1) is 13.6. The zero-order valence-electron chi connectivity index (χ0n) is 15.2. The second-order valence-electron chi connectivity index (χ2n) is 5.84. The van der Waals surface area contributed by atoms with Gasteiger partial charge in [-0.3, -0.25) is 4.79 Å². The van der Waals surface area contributed by atoms with E-state index in [1.165, 1.54) is 23.5 Å². The molecular formula is C19H19N5O3S. The first kappa shape index (κ1) is 19.4. The maximum Gasteiger partial charge on any atom is 0.337 e. The van der Waals surface area contributed by atoms with E-state index in [1.807, 2.05) is 30.3 Å². The molecule has 9 heteroatoms. The maximum absolute atomic E-state index is 12.1. The summed E-state index contributed by atoms with van der Waals surface area (Å²) in [4.78, 5) is 23.6. The molecule has 0 radical (unpaired) electrons. The van der Waals surface area contributed by atoms with Gasteiger partial charge in [-0.05, 0) is 29.8 Å². The molecule has 2 aromatic carbocycles. The van der Waals surface area contributed by atoms with E-state index < -0.39 is 5.97 Å². The summed E-state index contributed by atoms with van der Waals surface area (Å²) in [5.74, 6) is 6.14. The van der Waals surface area contributed by atoms with Crippen molar-refractivity contribution in [2.24, 2.45) is 0 Å². The molecule has 0 aliphatic heterocycles. The van der Waals surface area contributed by atoms with Crippen LogP contribution in [0.5, 0.6) is 0 Å². The molecule has 8 nitrogen and oxygen atoms in total. The van der Waals surface area contributed by atoms with Crippen molar-refractivity contribution < 1.29 is 14.3 Å². The Morgan fingerprint density at radius 1 is 1.11 bits per heavy atom. The number of nitrogen functional groups attached to an aromatic ring is 1. The van der Waals surface area contributed by atoms with Crippen molar-refractivity contribution in [3.8, 4) is 0 Å². The average molecular weight is 397 g/mol. The number of esters is 1. The quantitative estimate of drug-likeness (QED) is 0.357. The highest BCUT2D eigenvalue weighted by molar-refractivity contribution is 7.99.